The third-order valence-corrected chi connectivity index (χ3v) is 8.38. The predicted molar refractivity (Wildman–Crippen MR) is 154 cm³/mol. The van der Waals surface area contributed by atoms with Gasteiger partial charge in [-0.05, 0) is 56.7 Å². The lowest BCUT2D eigenvalue weighted by Gasteiger charge is -2.20. The number of hydrogen-bond acceptors (Lipinski definition) is 10. The van der Waals surface area contributed by atoms with Crippen LogP contribution in [0.25, 0.3) is 22.3 Å². The van der Waals surface area contributed by atoms with Crippen LogP contribution < -0.4 is 23.8 Å². The van der Waals surface area contributed by atoms with E-state index in [2.05, 4.69) is 14.2 Å². The molecule has 6 rings (SSSR count). The number of fused-ring (bicyclic) bond motifs is 2. The van der Waals surface area contributed by atoms with Crippen molar-refractivity contribution in [3.63, 3.8) is 0 Å². The zero-order chi connectivity index (χ0) is 33.9. The Hall–Kier alpha value is -4.96. The van der Waals surface area contributed by atoms with Crippen LogP contribution in [0.2, 0.25) is 5.15 Å². The van der Waals surface area contributed by atoms with E-state index in [0.717, 1.165) is 12.1 Å². The molecule has 0 saturated carbocycles. The van der Waals surface area contributed by atoms with Crippen LogP contribution in [-0.2, 0) is 10.1 Å². The van der Waals surface area contributed by atoms with Crippen molar-refractivity contribution < 1.29 is 53.2 Å². The molecule has 1 aliphatic rings. The number of aryl methyl sites for hydroxylation is 1. The van der Waals surface area contributed by atoms with Crippen molar-refractivity contribution in [2.45, 2.75) is 31.9 Å². The number of hydrogen-bond donors (Lipinski definition) is 0. The topological polar surface area (TPSA) is 127 Å². The number of rotatable bonds is 7. The number of ether oxygens (including phenoxy) is 3. The first-order chi connectivity index (χ1) is 22.2. The Bertz CT molecular complexity index is 2270. The van der Waals surface area contributed by atoms with Crippen molar-refractivity contribution >= 4 is 32.7 Å². The van der Waals surface area contributed by atoms with E-state index in [-0.39, 0.29) is 46.0 Å². The number of pyridine rings is 2. The van der Waals surface area contributed by atoms with Crippen LogP contribution in [0.4, 0.5) is 22.0 Å². The maximum absolute atomic E-state index is 14.3. The summed E-state index contributed by atoms with van der Waals surface area (Å²) < 4.78 is 123. The summed E-state index contributed by atoms with van der Waals surface area (Å²) in [7, 11) is -5.46. The maximum Gasteiger partial charge on any atom is 0.360 e. The van der Waals surface area contributed by atoms with Gasteiger partial charge in [0.2, 0.25) is 46.7 Å². The van der Waals surface area contributed by atoms with Crippen molar-refractivity contribution in [3.05, 3.63) is 97.7 Å². The predicted octanol–water partition coefficient (Wildman–Crippen LogP) is 6.85. The molecule has 0 saturated heterocycles. The third kappa shape index (κ3) is 5.56. The highest BCUT2D eigenvalue weighted by Gasteiger charge is 2.34. The van der Waals surface area contributed by atoms with Crippen LogP contribution in [0.15, 0.2) is 50.8 Å². The number of benzene rings is 2. The van der Waals surface area contributed by atoms with E-state index >= 15 is 0 Å². The largest absolute Gasteiger partial charge is 0.483 e. The molecule has 1 aliphatic heterocycles. The highest BCUT2D eigenvalue weighted by Crippen LogP contribution is 2.38. The standard InChI is InChI=1S/C30H18ClF5N2O8S/c1-11-6-15(27-16(7-11)25(39)12(2)26(45-27)14-8-18-29(37-9-14)43-10-42-18)13(3)44-17-4-5-19(31)38-30(17)47(40,41)46-28-23(35)21(33)20(32)22(34)24(28)36/h4-9,13H,10H2,1-3H3/t13-/m1/s1. The molecule has 0 spiro atoms. The summed E-state index contributed by atoms with van der Waals surface area (Å²) in [5.41, 5.74) is 1.18. The van der Waals surface area contributed by atoms with Crippen LogP contribution >= 0.6 is 11.6 Å². The van der Waals surface area contributed by atoms with Crippen molar-refractivity contribution in [1.29, 1.82) is 0 Å². The van der Waals surface area contributed by atoms with Crippen LogP contribution in [-0.4, -0.2) is 25.2 Å². The van der Waals surface area contributed by atoms with Gasteiger partial charge in [0, 0.05) is 22.9 Å². The first-order valence-corrected chi connectivity index (χ1v) is 15.1. The molecule has 0 radical (unpaired) electrons. The molecule has 4 heterocycles. The highest BCUT2D eigenvalue weighted by molar-refractivity contribution is 7.87. The Morgan fingerprint density at radius 1 is 0.957 bits per heavy atom. The molecule has 0 unspecified atom stereocenters. The molecule has 17 heteroatoms. The quantitative estimate of drug-likeness (QED) is 0.0586. The molecule has 10 nitrogen and oxygen atoms in total. The molecule has 2 aromatic carbocycles. The van der Waals surface area contributed by atoms with Gasteiger partial charge in [-0.1, -0.05) is 11.6 Å². The minimum absolute atomic E-state index is 0.0332. The van der Waals surface area contributed by atoms with Crippen molar-refractivity contribution in [2.24, 2.45) is 0 Å². The van der Waals surface area contributed by atoms with Gasteiger partial charge in [-0.3, -0.25) is 4.79 Å². The normalized spacial score (nSPS) is 13.2. The van der Waals surface area contributed by atoms with Gasteiger partial charge < -0.3 is 22.8 Å². The Morgan fingerprint density at radius 2 is 1.64 bits per heavy atom. The molecule has 5 aromatic rings. The van der Waals surface area contributed by atoms with Crippen LogP contribution in [0.3, 0.4) is 0 Å². The van der Waals surface area contributed by atoms with E-state index in [1.165, 1.54) is 13.1 Å². The molecular formula is C30H18ClF5N2O8S. The average Bonchev–Trinajstić information content (AvgIpc) is 3.51. The van der Waals surface area contributed by atoms with Crippen molar-refractivity contribution in [3.8, 4) is 34.5 Å². The van der Waals surface area contributed by atoms with Gasteiger partial charge in [0.05, 0.1) is 5.39 Å². The highest BCUT2D eigenvalue weighted by atomic mass is 35.5. The van der Waals surface area contributed by atoms with Gasteiger partial charge >= 0.3 is 10.1 Å². The van der Waals surface area contributed by atoms with Crippen molar-refractivity contribution in [1.82, 2.24) is 9.97 Å². The summed E-state index contributed by atoms with van der Waals surface area (Å²) in [5.74, 6) is -14.4. The fraction of sp³-hybridized carbons (Fsp3) is 0.167. The molecular weight excluding hydrogens is 679 g/mol. The monoisotopic (exact) mass is 696 g/mol. The zero-order valence-electron chi connectivity index (χ0n) is 24.1. The average molecular weight is 697 g/mol. The van der Waals surface area contributed by atoms with Gasteiger partial charge in [0.15, 0.2) is 16.9 Å². The van der Waals surface area contributed by atoms with E-state index in [9.17, 15) is 35.2 Å². The van der Waals surface area contributed by atoms with Gasteiger partial charge in [-0.15, -0.1) is 0 Å². The smallest absolute Gasteiger partial charge is 0.360 e. The van der Waals surface area contributed by atoms with Crippen LogP contribution in [0, 0.1) is 42.9 Å². The third-order valence-electron chi connectivity index (χ3n) is 7.01. The Labute approximate surface area is 266 Å². The first-order valence-electron chi connectivity index (χ1n) is 13.3. The fourth-order valence-electron chi connectivity index (χ4n) is 4.80. The lowest BCUT2D eigenvalue weighted by Crippen LogP contribution is -2.18. The van der Waals surface area contributed by atoms with Crippen LogP contribution in [0.5, 0.6) is 23.1 Å². The van der Waals surface area contributed by atoms with Crippen molar-refractivity contribution in [2.75, 3.05) is 6.79 Å². The summed E-state index contributed by atoms with van der Waals surface area (Å²) in [4.78, 5) is 21.3. The van der Waals surface area contributed by atoms with E-state index in [1.807, 2.05) is 0 Å². The summed E-state index contributed by atoms with van der Waals surface area (Å²) in [6.45, 7) is 4.69. The lowest BCUT2D eigenvalue weighted by atomic mass is 10.00. The fourth-order valence-corrected chi connectivity index (χ4v) is 6.01. The second-order valence-electron chi connectivity index (χ2n) is 10.2. The van der Waals surface area contributed by atoms with Gasteiger partial charge in [0.25, 0.3) is 5.88 Å². The van der Waals surface area contributed by atoms with E-state index in [4.69, 9.17) is 30.2 Å². The molecule has 0 amide bonds. The first kappa shape index (κ1) is 32.0. The second-order valence-corrected chi connectivity index (χ2v) is 12.0. The molecule has 244 valence electrons. The van der Waals surface area contributed by atoms with Gasteiger partial charge in [-0.25, -0.2) is 23.1 Å². The number of aromatic nitrogens is 2. The molecule has 0 aliphatic carbocycles. The minimum Gasteiger partial charge on any atom is -0.483 e. The maximum atomic E-state index is 14.3. The SMILES string of the molecule is Cc1cc([C@@H](C)Oc2ccc(Cl)nc2S(=O)(=O)Oc2c(F)c(F)c(F)c(F)c2F)c2oc(-c3cnc4c(c3)OCO4)c(C)c(=O)c2c1. The van der Waals surface area contributed by atoms with E-state index in [0.29, 0.717) is 16.9 Å². The molecule has 0 bridgehead atoms. The van der Waals surface area contributed by atoms with Gasteiger partial charge in [0.1, 0.15) is 22.6 Å². The molecule has 1 atom stereocenters. The summed E-state index contributed by atoms with van der Waals surface area (Å²) in [6.07, 6.45) is 0.302. The molecule has 0 fully saturated rings. The Balaban J connectivity index is 1.43. The summed E-state index contributed by atoms with van der Waals surface area (Å²) >= 11 is 5.88. The summed E-state index contributed by atoms with van der Waals surface area (Å²) in [6, 6.07) is 6.92. The number of nitrogens with zero attached hydrogens (tertiary/aromatic N) is 2. The Morgan fingerprint density at radius 3 is 2.34 bits per heavy atom. The minimum atomic E-state index is -5.46. The van der Waals surface area contributed by atoms with Gasteiger partial charge in [-0.2, -0.15) is 17.2 Å². The molecule has 47 heavy (non-hydrogen) atoms. The van der Waals surface area contributed by atoms with E-state index in [1.54, 1.807) is 32.0 Å². The zero-order valence-corrected chi connectivity index (χ0v) is 25.7. The summed E-state index contributed by atoms with van der Waals surface area (Å²) in [5, 5.41) is -1.43. The molecule has 3 aromatic heterocycles. The number of halogens is 6. The Kier molecular flexibility index (Phi) is 7.96. The van der Waals surface area contributed by atoms with Crippen LogP contribution in [0.1, 0.15) is 29.7 Å². The lowest BCUT2D eigenvalue weighted by molar-refractivity contribution is 0.171. The molecule has 0 N–H and O–H groups in total. The second kappa shape index (κ2) is 11.7. The van der Waals surface area contributed by atoms with E-state index < -0.39 is 67.0 Å².